The SMILES string of the molecule is CCCC(Oc1ccc(N)cc1)SC(C)OCCN. The molecule has 0 aliphatic carbocycles. The second-order valence-electron chi connectivity index (χ2n) is 4.27. The van der Waals surface area contributed by atoms with E-state index in [0.29, 0.717) is 13.2 Å². The molecule has 0 aromatic heterocycles. The van der Waals surface area contributed by atoms with Gasteiger partial charge in [-0.2, -0.15) is 0 Å². The third kappa shape index (κ3) is 6.71. The summed E-state index contributed by atoms with van der Waals surface area (Å²) in [4.78, 5) is 0. The van der Waals surface area contributed by atoms with Gasteiger partial charge in [0.25, 0.3) is 0 Å². The zero-order valence-corrected chi connectivity index (χ0v) is 12.5. The fraction of sp³-hybridized carbons (Fsp3) is 0.571. The molecular weight excluding hydrogens is 260 g/mol. The quantitative estimate of drug-likeness (QED) is 0.539. The Morgan fingerprint density at radius 1 is 1.26 bits per heavy atom. The van der Waals surface area contributed by atoms with Crippen molar-refractivity contribution >= 4 is 17.4 Å². The predicted molar refractivity (Wildman–Crippen MR) is 82.2 cm³/mol. The van der Waals surface area contributed by atoms with Crippen molar-refractivity contribution in [3.63, 3.8) is 0 Å². The first-order valence-corrected chi connectivity index (χ1v) is 7.59. The molecule has 0 saturated heterocycles. The van der Waals surface area contributed by atoms with Gasteiger partial charge < -0.3 is 20.9 Å². The molecule has 2 unspecified atom stereocenters. The van der Waals surface area contributed by atoms with Crippen LogP contribution in [0.3, 0.4) is 0 Å². The van der Waals surface area contributed by atoms with Gasteiger partial charge >= 0.3 is 0 Å². The number of anilines is 1. The lowest BCUT2D eigenvalue weighted by Gasteiger charge is -2.22. The van der Waals surface area contributed by atoms with Crippen LogP contribution in [0.2, 0.25) is 0 Å². The Morgan fingerprint density at radius 2 is 1.95 bits per heavy atom. The second-order valence-corrected chi connectivity index (χ2v) is 5.73. The van der Waals surface area contributed by atoms with E-state index in [1.54, 1.807) is 11.8 Å². The molecule has 0 aliphatic rings. The molecule has 0 radical (unpaired) electrons. The Balaban J connectivity index is 2.49. The summed E-state index contributed by atoms with van der Waals surface area (Å²) in [5.74, 6) is 0.839. The van der Waals surface area contributed by atoms with Gasteiger partial charge in [-0.3, -0.25) is 0 Å². The zero-order valence-electron chi connectivity index (χ0n) is 11.7. The van der Waals surface area contributed by atoms with Crippen molar-refractivity contribution in [3.8, 4) is 5.75 Å². The average Bonchev–Trinajstić information content (AvgIpc) is 2.39. The van der Waals surface area contributed by atoms with Crippen molar-refractivity contribution in [1.82, 2.24) is 0 Å². The molecule has 0 saturated carbocycles. The minimum atomic E-state index is 0.0777. The molecule has 0 amide bonds. The van der Waals surface area contributed by atoms with Crippen LogP contribution in [0.15, 0.2) is 24.3 Å². The summed E-state index contributed by atoms with van der Waals surface area (Å²) in [6, 6.07) is 7.47. The van der Waals surface area contributed by atoms with Crippen molar-refractivity contribution in [3.05, 3.63) is 24.3 Å². The van der Waals surface area contributed by atoms with Gasteiger partial charge in [-0.25, -0.2) is 0 Å². The maximum atomic E-state index is 5.96. The van der Waals surface area contributed by atoms with Gasteiger partial charge in [-0.15, -0.1) is 0 Å². The van der Waals surface area contributed by atoms with Crippen molar-refractivity contribution in [2.75, 3.05) is 18.9 Å². The molecule has 0 heterocycles. The first-order valence-electron chi connectivity index (χ1n) is 6.65. The average molecular weight is 284 g/mol. The number of benzene rings is 1. The number of nitrogen functional groups attached to an aromatic ring is 1. The molecule has 5 heteroatoms. The molecule has 19 heavy (non-hydrogen) atoms. The molecule has 0 spiro atoms. The van der Waals surface area contributed by atoms with Crippen LogP contribution < -0.4 is 16.2 Å². The number of hydrogen-bond donors (Lipinski definition) is 2. The summed E-state index contributed by atoms with van der Waals surface area (Å²) < 4.78 is 11.5. The van der Waals surface area contributed by atoms with Crippen LogP contribution in [0.4, 0.5) is 5.69 Å². The Labute approximate surface area is 119 Å². The number of thioether (sulfide) groups is 1. The number of ether oxygens (including phenoxy) is 2. The molecule has 1 rings (SSSR count). The van der Waals surface area contributed by atoms with Gasteiger partial charge in [0, 0.05) is 12.2 Å². The van der Waals surface area contributed by atoms with E-state index in [1.807, 2.05) is 31.2 Å². The maximum Gasteiger partial charge on any atom is 0.146 e. The summed E-state index contributed by atoms with van der Waals surface area (Å²) in [7, 11) is 0. The summed E-state index contributed by atoms with van der Waals surface area (Å²) in [6.07, 6.45) is 2.04. The standard InChI is InChI=1S/C14H24N2O2S/c1-3-4-14(19-11(2)17-10-9-15)18-13-7-5-12(16)6-8-13/h5-8,11,14H,3-4,9-10,15-16H2,1-2H3. The van der Waals surface area contributed by atoms with Crippen LogP contribution in [-0.2, 0) is 4.74 Å². The van der Waals surface area contributed by atoms with E-state index in [4.69, 9.17) is 20.9 Å². The fourth-order valence-corrected chi connectivity index (χ4v) is 2.72. The lowest BCUT2D eigenvalue weighted by Crippen LogP contribution is -2.19. The molecule has 1 aromatic rings. The molecule has 4 N–H and O–H groups in total. The van der Waals surface area contributed by atoms with E-state index in [9.17, 15) is 0 Å². The molecule has 0 fully saturated rings. The van der Waals surface area contributed by atoms with E-state index in [0.717, 1.165) is 24.3 Å². The lowest BCUT2D eigenvalue weighted by atomic mass is 10.3. The van der Waals surface area contributed by atoms with Gasteiger partial charge in [0.15, 0.2) is 0 Å². The van der Waals surface area contributed by atoms with Gasteiger partial charge in [-0.1, -0.05) is 25.1 Å². The van der Waals surface area contributed by atoms with Crippen LogP contribution in [0.5, 0.6) is 5.75 Å². The summed E-state index contributed by atoms with van der Waals surface area (Å²) in [5, 5.41) is 0. The minimum absolute atomic E-state index is 0.0777. The monoisotopic (exact) mass is 284 g/mol. The van der Waals surface area contributed by atoms with Crippen LogP contribution >= 0.6 is 11.8 Å². The molecule has 2 atom stereocenters. The summed E-state index contributed by atoms with van der Waals surface area (Å²) >= 11 is 1.68. The molecular formula is C14H24N2O2S. The van der Waals surface area contributed by atoms with Gasteiger partial charge in [-0.05, 0) is 37.6 Å². The van der Waals surface area contributed by atoms with E-state index in [2.05, 4.69) is 6.92 Å². The van der Waals surface area contributed by atoms with Crippen LogP contribution in [0.1, 0.15) is 26.7 Å². The normalized spacial score (nSPS) is 14.1. The molecule has 108 valence electrons. The zero-order chi connectivity index (χ0) is 14.1. The van der Waals surface area contributed by atoms with Gasteiger partial charge in [0.2, 0.25) is 0 Å². The number of hydrogen-bond acceptors (Lipinski definition) is 5. The minimum Gasteiger partial charge on any atom is -0.480 e. The fourth-order valence-electron chi connectivity index (χ4n) is 1.58. The van der Waals surface area contributed by atoms with E-state index < -0.39 is 0 Å². The van der Waals surface area contributed by atoms with Crippen molar-refractivity contribution in [2.24, 2.45) is 5.73 Å². The van der Waals surface area contributed by atoms with E-state index >= 15 is 0 Å². The van der Waals surface area contributed by atoms with Crippen molar-refractivity contribution < 1.29 is 9.47 Å². The summed E-state index contributed by atoms with van der Waals surface area (Å²) in [6.45, 7) is 5.29. The van der Waals surface area contributed by atoms with Gasteiger partial charge in [0.1, 0.15) is 16.6 Å². The third-order valence-electron chi connectivity index (χ3n) is 2.49. The highest BCUT2D eigenvalue weighted by molar-refractivity contribution is 8.00. The Kier molecular flexibility index (Phi) is 7.70. The molecule has 0 bridgehead atoms. The highest BCUT2D eigenvalue weighted by atomic mass is 32.2. The maximum absolute atomic E-state index is 5.96. The molecule has 4 nitrogen and oxygen atoms in total. The largest absolute Gasteiger partial charge is 0.480 e. The topological polar surface area (TPSA) is 70.5 Å². The Hall–Kier alpha value is -0.910. The summed E-state index contributed by atoms with van der Waals surface area (Å²) in [5.41, 5.74) is 12.0. The smallest absolute Gasteiger partial charge is 0.146 e. The Morgan fingerprint density at radius 3 is 2.53 bits per heavy atom. The van der Waals surface area contributed by atoms with Crippen LogP contribution in [-0.4, -0.2) is 24.0 Å². The highest BCUT2D eigenvalue weighted by Gasteiger charge is 2.15. The Bertz CT molecular complexity index is 346. The second kappa shape index (κ2) is 9.07. The van der Waals surface area contributed by atoms with E-state index in [1.165, 1.54) is 0 Å². The van der Waals surface area contributed by atoms with Gasteiger partial charge in [0.05, 0.1) is 6.61 Å². The first-order chi connectivity index (χ1) is 9.15. The van der Waals surface area contributed by atoms with Crippen LogP contribution in [0.25, 0.3) is 0 Å². The lowest BCUT2D eigenvalue weighted by molar-refractivity contribution is 0.128. The third-order valence-corrected chi connectivity index (χ3v) is 3.64. The predicted octanol–water partition coefficient (Wildman–Crippen LogP) is 2.83. The molecule has 1 aromatic carbocycles. The van der Waals surface area contributed by atoms with Crippen molar-refractivity contribution in [1.29, 1.82) is 0 Å². The first kappa shape index (κ1) is 16.1. The molecule has 0 aliphatic heterocycles. The highest BCUT2D eigenvalue weighted by Crippen LogP contribution is 2.26. The van der Waals surface area contributed by atoms with Crippen molar-refractivity contribution in [2.45, 2.75) is 37.6 Å². The van der Waals surface area contributed by atoms with Crippen LogP contribution in [0, 0.1) is 0 Å². The number of nitrogens with two attached hydrogens (primary N) is 2. The number of rotatable bonds is 9. The van der Waals surface area contributed by atoms with E-state index in [-0.39, 0.29) is 10.9 Å².